The van der Waals surface area contributed by atoms with Crippen molar-refractivity contribution in [2.75, 3.05) is 0 Å². The molecule has 0 aromatic heterocycles. The van der Waals surface area contributed by atoms with Gasteiger partial charge in [-0.3, -0.25) is 4.99 Å². The van der Waals surface area contributed by atoms with Crippen LogP contribution in [0.1, 0.15) is 24.0 Å². The first-order valence-electron chi connectivity index (χ1n) is 5.01. The van der Waals surface area contributed by atoms with E-state index < -0.39 is 0 Å². The number of aliphatic imine (C=N–C) groups is 1. The van der Waals surface area contributed by atoms with Crippen LogP contribution in [0.2, 0.25) is 0 Å². The molecule has 0 heterocycles. The van der Waals surface area contributed by atoms with Crippen molar-refractivity contribution in [3.8, 4) is 0 Å². The summed E-state index contributed by atoms with van der Waals surface area (Å²) < 4.78 is 1.04. The fourth-order valence-corrected chi connectivity index (χ4v) is 1.78. The minimum absolute atomic E-state index is 0.467. The van der Waals surface area contributed by atoms with Gasteiger partial charge in [0, 0.05) is 10.0 Å². The normalized spacial score (nSPS) is 16.6. The van der Waals surface area contributed by atoms with Gasteiger partial charge in [-0.25, -0.2) is 5.84 Å². The summed E-state index contributed by atoms with van der Waals surface area (Å²) >= 11 is 3.45. The van der Waals surface area contributed by atoms with E-state index in [2.05, 4.69) is 39.3 Å². The Bertz CT molecular complexity index is 397. The van der Waals surface area contributed by atoms with E-state index in [1.807, 2.05) is 12.1 Å². The zero-order chi connectivity index (χ0) is 10.8. The molecule has 1 fully saturated rings. The van der Waals surface area contributed by atoms with Crippen molar-refractivity contribution in [2.45, 2.75) is 25.8 Å². The molecule has 2 rings (SSSR count). The van der Waals surface area contributed by atoms with Crippen molar-refractivity contribution in [3.05, 3.63) is 33.8 Å². The minimum Gasteiger partial charge on any atom is -0.308 e. The van der Waals surface area contributed by atoms with Crippen molar-refractivity contribution in [2.24, 2.45) is 10.8 Å². The Morgan fingerprint density at radius 1 is 1.53 bits per heavy atom. The number of benzene rings is 1. The van der Waals surface area contributed by atoms with Crippen LogP contribution in [0.4, 0.5) is 0 Å². The molecule has 0 atom stereocenters. The molecule has 1 saturated carbocycles. The first kappa shape index (κ1) is 10.6. The average Bonchev–Trinajstić information content (AvgIpc) is 3.02. The van der Waals surface area contributed by atoms with Gasteiger partial charge in [-0.2, -0.15) is 0 Å². The third-order valence-electron chi connectivity index (χ3n) is 2.45. The minimum atomic E-state index is 0.467. The van der Waals surface area contributed by atoms with E-state index in [0.717, 1.165) is 15.9 Å². The Balaban J connectivity index is 2.36. The average molecular weight is 268 g/mol. The lowest BCUT2D eigenvalue weighted by molar-refractivity contribution is 0.969. The summed E-state index contributed by atoms with van der Waals surface area (Å²) in [6, 6.07) is 6.58. The number of hydrazine groups is 1. The number of halogens is 1. The van der Waals surface area contributed by atoms with Gasteiger partial charge in [0.15, 0.2) is 0 Å². The van der Waals surface area contributed by atoms with Crippen LogP contribution in [0.5, 0.6) is 0 Å². The molecule has 0 amide bonds. The van der Waals surface area contributed by atoms with Gasteiger partial charge in [0.05, 0.1) is 6.04 Å². The largest absolute Gasteiger partial charge is 0.308 e. The first-order valence-corrected chi connectivity index (χ1v) is 5.81. The van der Waals surface area contributed by atoms with Crippen LogP contribution < -0.4 is 11.3 Å². The zero-order valence-corrected chi connectivity index (χ0v) is 10.2. The number of hydrogen-bond acceptors (Lipinski definition) is 2. The van der Waals surface area contributed by atoms with Gasteiger partial charge in [0.1, 0.15) is 5.84 Å². The van der Waals surface area contributed by atoms with Crippen LogP contribution in [0.3, 0.4) is 0 Å². The number of hydrogen-bond donors (Lipinski definition) is 2. The molecule has 3 nitrogen and oxygen atoms in total. The van der Waals surface area contributed by atoms with E-state index in [1.165, 1.54) is 18.4 Å². The third kappa shape index (κ3) is 2.58. The topological polar surface area (TPSA) is 50.4 Å². The van der Waals surface area contributed by atoms with E-state index in [1.54, 1.807) is 0 Å². The summed E-state index contributed by atoms with van der Waals surface area (Å²) in [6.45, 7) is 2.06. The molecule has 0 bridgehead atoms. The Kier molecular flexibility index (Phi) is 3.07. The smallest absolute Gasteiger partial charge is 0.143 e. The summed E-state index contributed by atoms with van der Waals surface area (Å²) in [5.41, 5.74) is 4.93. The number of nitrogens with one attached hydrogen (secondary N) is 1. The first-order chi connectivity index (χ1) is 7.20. The van der Waals surface area contributed by atoms with Gasteiger partial charge >= 0.3 is 0 Å². The summed E-state index contributed by atoms with van der Waals surface area (Å²) in [6.07, 6.45) is 2.36. The number of rotatable bonds is 2. The van der Waals surface area contributed by atoms with Crippen LogP contribution >= 0.6 is 15.9 Å². The van der Waals surface area contributed by atoms with Crippen molar-refractivity contribution in [1.82, 2.24) is 5.43 Å². The molecule has 4 heteroatoms. The quantitative estimate of drug-likeness (QED) is 0.373. The Morgan fingerprint density at radius 2 is 2.27 bits per heavy atom. The van der Waals surface area contributed by atoms with Gasteiger partial charge in [0.2, 0.25) is 0 Å². The zero-order valence-electron chi connectivity index (χ0n) is 8.63. The fourth-order valence-electron chi connectivity index (χ4n) is 1.42. The third-order valence-corrected chi connectivity index (χ3v) is 2.94. The Labute approximate surface area is 97.9 Å². The lowest BCUT2D eigenvalue weighted by atomic mass is 10.1. The lowest BCUT2D eigenvalue weighted by Gasteiger charge is -2.09. The molecule has 1 aromatic rings. The van der Waals surface area contributed by atoms with Gasteiger partial charge in [0.25, 0.3) is 0 Å². The van der Waals surface area contributed by atoms with Gasteiger partial charge in [-0.1, -0.05) is 22.0 Å². The Hall–Kier alpha value is -0.870. The molecule has 0 spiro atoms. The maximum absolute atomic E-state index is 5.50. The van der Waals surface area contributed by atoms with E-state index in [0.29, 0.717) is 6.04 Å². The second-order valence-electron chi connectivity index (χ2n) is 3.81. The van der Waals surface area contributed by atoms with Gasteiger partial charge in [-0.05, 0) is 37.5 Å². The maximum atomic E-state index is 5.50. The van der Waals surface area contributed by atoms with Crippen LogP contribution in [-0.4, -0.2) is 11.9 Å². The van der Waals surface area contributed by atoms with Crippen LogP contribution in [0.15, 0.2) is 27.7 Å². The number of nitrogens with zero attached hydrogens (tertiary/aromatic N) is 1. The van der Waals surface area contributed by atoms with Crippen molar-refractivity contribution in [3.63, 3.8) is 0 Å². The predicted octanol–water partition coefficient (Wildman–Crippen LogP) is 2.13. The van der Waals surface area contributed by atoms with Gasteiger partial charge < -0.3 is 5.43 Å². The lowest BCUT2D eigenvalue weighted by Crippen LogP contribution is -2.32. The molecular weight excluding hydrogens is 254 g/mol. The molecule has 15 heavy (non-hydrogen) atoms. The highest BCUT2D eigenvalue weighted by Gasteiger charge is 2.21. The SMILES string of the molecule is Cc1ccc(Br)cc1C(=NC1CC1)NN. The standard InChI is InChI=1S/C11H14BrN3/c1-7-2-3-8(12)6-10(7)11(15-13)14-9-4-5-9/h2-3,6,9H,4-5,13H2,1H3,(H,14,15). The molecule has 0 radical (unpaired) electrons. The highest BCUT2D eigenvalue weighted by atomic mass is 79.9. The number of aryl methyl sites for hydroxylation is 1. The maximum Gasteiger partial charge on any atom is 0.143 e. The monoisotopic (exact) mass is 267 g/mol. The Morgan fingerprint density at radius 3 is 2.87 bits per heavy atom. The summed E-state index contributed by atoms with van der Waals surface area (Å²) in [7, 11) is 0. The highest BCUT2D eigenvalue weighted by molar-refractivity contribution is 9.10. The van der Waals surface area contributed by atoms with Crippen molar-refractivity contribution >= 4 is 21.8 Å². The molecule has 1 aliphatic rings. The molecule has 1 aromatic carbocycles. The van der Waals surface area contributed by atoms with E-state index in [4.69, 9.17) is 5.84 Å². The number of nitrogens with two attached hydrogens (primary N) is 1. The van der Waals surface area contributed by atoms with Crippen molar-refractivity contribution < 1.29 is 0 Å². The van der Waals surface area contributed by atoms with E-state index >= 15 is 0 Å². The van der Waals surface area contributed by atoms with Crippen LogP contribution in [0, 0.1) is 6.92 Å². The van der Waals surface area contributed by atoms with Crippen LogP contribution in [0.25, 0.3) is 0 Å². The molecule has 0 aliphatic heterocycles. The molecule has 3 N–H and O–H groups in total. The fraction of sp³-hybridized carbons (Fsp3) is 0.364. The summed E-state index contributed by atoms with van der Waals surface area (Å²) in [5, 5.41) is 0. The molecule has 0 unspecified atom stereocenters. The molecular formula is C11H14BrN3. The second kappa shape index (κ2) is 4.33. The second-order valence-corrected chi connectivity index (χ2v) is 4.73. The van der Waals surface area contributed by atoms with Crippen LogP contribution in [-0.2, 0) is 0 Å². The predicted molar refractivity (Wildman–Crippen MR) is 65.8 cm³/mol. The summed E-state index contributed by atoms with van der Waals surface area (Å²) in [4.78, 5) is 4.54. The summed E-state index contributed by atoms with van der Waals surface area (Å²) in [5.74, 6) is 6.29. The molecule has 0 saturated heterocycles. The molecule has 1 aliphatic carbocycles. The van der Waals surface area contributed by atoms with Crippen molar-refractivity contribution in [1.29, 1.82) is 0 Å². The highest BCUT2D eigenvalue weighted by Crippen LogP contribution is 2.25. The number of amidine groups is 1. The van der Waals surface area contributed by atoms with Gasteiger partial charge in [-0.15, -0.1) is 0 Å². The molecule has 80 valence electrons. The van der Waals surface area contributed by atoms with E-state index in [-0.39, 0.29) is 0 Å². The van der Waals surface area contributed by atoms with E-state index in [9.17, 15) is 0 Å².